The van der Waals surface area contributed by atoms with Crippen LogP contribution in [0.5, 0.6) is 0 Å². The molecular formula is C62H41N3. The van der Waals surface area contributed by atoms with E-state index < -0.39 is 0 Å². The number of rotatable bonds is 8. The Labute approximate surface area is 377 Å². The predicted octanol–water partition coefficient (Wildman–Crippen LogP) is 17.4. The monoisotopic (exact) mass is 827 g/mol. The SMILES string of the molecule is c1ccc(-c2cccc(N(c3ccccc3)c3c4ccccc4cc4c3c3cccc5c6c(N(c7ccccc7)c7cccc(-c8ccccc8)c7)c7ccccc7cc6n4c35)c2)cc1. The highest BCUT2D eigenvalue weighted by Gasteiger charge is 2.29. The van der Waals surface area contributed by atoms with E-state index in [1.54, 1.807) is 0 Å². The third-order valence-electron chi connectivity index (χ3n) is 13.2. The van der Waals surface area contributed by atoms with E-state index in [1.807, 2.05) is 0 Å². The van der Waals surface area contributed by atoms with Crippen molar-refractivity contribution in [2.45, 2.75) is 0 Å². The van der Waals surface area contributed by atoms with Gasteiger partial charge < -0.3 is 14.2 Å². The lowest BCUT2D eigenvalue weighted by atomic mass is 9.97. The molecule has 0 saturated carbocycles. The number of benzene rings is 11. The zero-order chi connectivity index (χ0) is 42.8. The molecule has 0 unspecified atom stereocenters. The van der Waals surface area contributed by atoms with Crippen molar-refractivity contribution in [3.05, 3.63) is 249 Å². The molecule has 304 valence electrons. The van der Waals surface area contributed by atoms with Crippen LogP contribution in [0.4, 0.5) is 34.1 Å². The van der Waals surface area contributed by atoms with Crippen LogP contribution < -0.4 is 9.80 Å². The van der Waals surface area contributed by atoms with Gasteiger partial charge in [-0.2, -0.15) is 0 Å². The maximum Gasteiger partial charge on any atom is 0.0640 e. The van der Waals surface area contributed by atoms with E-state index in [-0.39, 0.29) is 0 Å². The third-order valence-corrected chi connectivity index (χ3v) is 13.2. The molecule has 0 aliphatic heterocycles. The molecule has 0 fully saturated rings. The van der Waals surface area contributed by atoms with Gasteiger partial charge in [0, 0.05) is 55.1 Å². The molecule has 13 rings (SSSR count). The zero-order valence-electron chi connectivity index (χ0n) is 35.5. The summed E-state index contributed by atoms with van der Waals surface area (Å²) in [5.74, 6) is 0. The molecule has 0 spiro atoms. The Morgan fingerprint density at radius 2 is 0.600 bits per heavy atom. The molecule has 3 heteroatoms. The van der Waals surface area contributed by atoms with Gasteiger partial charge in [-0.25, -0.2) is 0 Å². The highest BCUT2D eigenvalue weighted by Crippen LogP contribution is 2.53. The average Bonchev–Trinajstić information content (AvgIpc) is 3.90. The molecule has 11 aromatic carbocycles. The van der Waals surface area contributed by atoms with Crippen LogP contribution in [0.3, 0.4) is 0 Å². The van der Waals surface area contributed by atoms with Crippen molar-refractivity contribution in [1.82, 2.24) is 4.40 Å². The summed E-state index contributed by atoms with van der Waals surface area (Å²) in [7, 11) is 0. The Balaban J connectivity index is 1.16. The number of anilines is 6. The van der Waals surface area contributed by atoms with Gasteiger partial charge in [-0.1, -0.05) is 188 Å². The van der Waals surface area contributed by atoms with Crippen molar-refractivity contribution < 1.29 is 0 Å². The Kier molecular flexibility index (Phi) is 8.53. The second-order valence-electron chi connectivity index (χ2n) is 16.9. The molecule has 2 aromatic heterocycles. The summed E-state index contributed by atoms with van der Waals surface area (Å²) in [6, 6.07) is 90.7. The standard InChI is InChI=1S/C62H41N3/c1-5-20-42(21-6-1)44-26-17-32-50(38-44)63(48-28-9-3-10-29-48)61-52-34-15-13-24-46(52)40-56-58(61)54-36-19-37-55-59-57(65(56)60(54)55)41-47-25-14-16-35-53(47)62(59)64(49-30-11-4-12-31-49)51-33-18-27-45(39-51)43-22-7-2-8-23-43/h1-41H. The molecule has 0 bridgehead atoms. The minimum absolute atomic E-state index is 1.11. The van der Waals surface area contributed by atoms with Gasteiger partial charge in [0.2, 0.25) is 0 Å². The van der Waals surface area contributed by atoms with E-state index in [2.05, 4.69) is 263 Å². The van der Waals surface area contributed by atoms with Crippen LogP contribution in [0.2, 0.25) is 0 Å². The van der Waals surface area contributed by atoms with Crippen molar-refractivity contribution in [3.8, 4) is 22.3 Å². The van der Waals surface area contributed by atoms with Crippen molar-refractivity contribution in [2.75, 3.05) is 9.80 Å². The molecule has 0 atom stereocenters. The Morgan fingerprint density at radius 3 is 1.05 bits per heavy atom. The zero-order valence-corrected chi connectivity index (χ0v) is 35.5. The summed E-state index contributed by atoms with van der Waals surface area (Å²) >= 11 is 0. The number of aromatic nitrogens is 1. The maximum atomic E-state index is 2.56. The molecule has 3 nitrogen and oxygen atoms in total. The fourth-order valence-electron chi connectivity index (χ4n) is 10.4. The second kappa shape index (κ2) is 15.0. The van der Waals surface area contributed by atoms with Crippen molar-refractivity contribution in [1.29, 1.82) is 0 Å². The highest BCUT2D eigenvalue weighted by atomic mass is 15.2. The van der Waals surface area contributed by atoms with Gasteiger partial charge in [0.15, 0.2) is 0 Å². The first-order valence-corrected chi connectivity index (χ1v) is 22.4. The lowest BCUT2D eigenvalue weighted by Crippen LogP contribution is -2.11. The summed E-state index contributed by atoms with van der Waals surface area (Å²) in [5.41, 5.74) is 15.1. The van der Waals surface area contributed by atoms with Crippen LogP contribution in [0.15, 0.2) is 249 Å². The van der Waals surface area contributed by atoms with Crippen LogP contribution in [0.1, 0.15) is 0 Å². The molecule has 65 heavy (non-hydrogen) atoms. The number of fused-ring (bicyclic) bond motifs is 8. The smallest absolute Gasteiger partial charge is 0.0640 e. The summed E-state index contributed by atoms with van der Waals surface area (Å²) in [6.45, 7) is 0. The summed E-state index contributed by atoms with van der Waals surface area (Å²) in [4.78, 5) is 4.97. The van der Waals surface area contributed by atoms with Crippen LogP contribution in [-0.4, -0.2) is 4.40 Å². The molecule has 0 aliphatic rings. The van der Waals surface area contributed by atoms with Gasteiger partial charge in [-0.15, -0.1) is 0 Å². The predicted molar refractivity (Wildman–Crippen MR) is 276 cm³/mol. The Hall–Kier alpha value is -8.66. The molecule has 13 aromatic rings. The van der Waals surface area contributed by atoms with Gasteiger partial charge in [-0.05, 0) is 93.7 Å². The summed E-state index contributed by atoms with van der Waals surface area (Å²) < 4.78 is 2.56. The van der Waals surface area contributed by atoms with E-state index in [9.17, 15) is 0 Å². The quantitative estimate of drug-likeness (QED) is 0.151. The number of hydrogen-bond donors (Lipinski definition) is 0. The van der Waals surface area contributed by atoms with E-state index >= 15 is 0 Å². The van der Waals surface area contributed by atoms with Crippen LogP contribution >= 0.6 is 0 Å². The molecule has 0 saturated heterocycles. The Morgan fingerprint density at radius 1 is 0.262 bits per heavy atom. The molecule has 0 radical (unpaired) electrons. The third kappa shape index (κ3) is 5.90. The minimum atomic E-state index is 1.11. The van der Waals surface area contributed by atoms with Crippen LogP contribution in [0, 0.1) is 0 Å². The van der Waals surface area contributed by atoms with Gasteiger partial charge in [0.1, 0.15) is 0 Å². The second-order valence-corrected chi connectivity index (χ2v) is 16.9. The first-order chi connectivity index (χ1) is 32.3. The van der Waals surface area contributed by atoms with Gasteiger partial charge in [0.05, 0.1) is 27.9 Å². The minimum Gasteiger partial charge on any atom is -0.309 e. The fourth-order valence-corrected chi connectivity index (χ4v) is 10.4. The largest absolute Gasteiger partial charge is 0.309 e. The normalized spacial score (nSPS) is 11.7. The topological polar surface area (TPSA) is 10.9 Å². The maximum absolute atomic E-state index is 2.56. The molecule has 0 amide bonds. The first kappa shape index (κ1) is 36.9. The first-order valence-electron chi connectivity index (χ1n) is 22.4. The van der Waals surface area contributed by atoms with E-state index in [1.165, 1.54) is 93.3 Å². The highest BCUT2D eigenvalue weighted by molar-refractivity contribution is 6.33. The van der Waals surface area contributed by atoms with Crippen molar-refractivity contribution >= 4 is 93.8 Å². The van der Waals surface area contributed by atoms with Gasteiger partial charge in [0.25, 0.3) is 0 Å². The lowest BCUT2D eigenvalue weighted by molar-refractivity contribution is 1.30. The van der Waals surface area contributed by atoms with Crippen LogP contribution in [-0.2, 0) is 0 Å². The molecular weight excluding hydrogens is 787 g/mol. The average molecular weight is 828 g/mol. The van der Waals surface area contributed by atoms with Gasteiger partial charge in [-0.3, -0.25) is 0 Å². The van der Waals surface area contributed by atoms with Crippen molar-refractivity contribution in [2.24, 2.45) is 0 Å². The van der Waals surface area contributed by atoms with Gasteiger partial charge >= 0.3 is 0 Å². The van der Waals surface area contributed by atoms with Crippen molar-refractivity contribution in [3.63, 3.8) is 0 Å². The number of para-hydroxylation sites is 3. The number of nitrogens with zero attached hydrogens (tertiary/aromatic N) is 3. The molecule has 0 N–H and O–H groups in total. The lowest BCUT2D eigenvalue weighted by Gasteiger charge is -2.29. The summed E-state index contributed by atoms with van der Waals surface area (Å²) in [6.07, 6.45) is 0. The summed E-state index contributed by atoms with van der Waals surface area (Å²) in [5, 5.41) is 9.68. The number of hydrogen-bond acceptors (Lipinski definition) is 2. The van der Waals surface area contributed by atoms with E-state index in [0.717, 1.165) is 22.7 Å². The molecule has 0 aliphatic carbocycles. The van der Waals surface area contributed by atoms with E-state index in [0.29, 0.717) is 0 Å². The van der Waals surface area contributed by atoms with Crippen LogP contribution in [0.25, 0.3) is 81.9 Å². The fraction of sp³-hybridized carbons (Fsp3) is 0. The molecule has 2 heterocycles. The Bertz CT molecular complexity index is 3630. The van der Waals surface area contributed by atoms with E-state index in [4.69, 9.17) is 0 Å².